The van der Waals surface area contributed by atoms with E-state index in [0.29, 0.717) is 0 Å². The number of nitrogens with zero attached hydrogens (tertiary/aromatic N) is 1. The summed E-state index contributed by atoms with van der Waals surface area (Å²) in [5.74, 6) is 0. The van der Waals surface area contributed by atoms with Crippen molar-refractivity contribution < 1.29 is 0 Å². The molecule has 4 atom stereocenters. The van der Waals surface area contributed by atoms with Gasteiger partial charge in [0.1, 0.15) is 0 Å². The molecule has 2 aliphatic heterocycles. The van der Waals surface area contributed by atoms with Gasteiger partial charge >= 0.3 is 0 Å². The molecule has 1 aromatic heterocycles. The lowest BCUT2D eigenvalue weighted by Gasteiger charge is -2.34. The van der Waals surface area contributed by atoms with Crippen molar-refractivity contribution in [2.45, 2.75) is 82.6 Å². The summed E-state index contributed by atoms with van der Waals surface area (Å²) in [6, 6.07) is 4.55. The van der Waals surface area contributed by atoms with Gasteiger partial charge in [0, 0.05) is 24.0 Å². The topological polar surface area (TPSA) is 3.24 Å². The summed E-state index contributed by atoms with van der Waals surface area (Å²) in [7, 11) is 0.407. The van der Waals surface area contributed by atoms with Gasteiger partial charge in [0.2, 0.25) is 0 Å². The third-order valence-corrected chi connectivity index (χ3v) is 13.8. The Kier molecular flexibility index (Phi) is 6.58. The third kappa shape index (κ3) is 4.58. The van der Waals surface area contributed by atoms with Crippen LogP contribution in [0.4, 0.5) is 0 Å². The molecule has 0 radical (unpaired) electrons. The molecule has 4 heteroatoms. The highest BCUT2D eigenvalue weighted by atomic mass is 32.1. The van der Waals surface area contributed by atoms with Crippen LogP contribution in [0.25, 0.3) is 0 Å². The summed E-state index contributed by atoms with van der Waals surface area (Å²) >= 11 is 1.94. The van der Waals surface area contributed by atoms with E-state index >= 15 is 0 Å². The van der Waals surface area contributed by atoms with Gasteiger partial charge in [-0.3, -0.25) is 4.90 Å². The fourth-order valence-electron chi connectivity index (χ4n) is 4.28. The smallest absolute Gasteiger partial charge is 0.0335 e. The lowest BCUT2D eigenvalue weighted by Crippen LogP contribution is -2.27. The molecule has 2 saturated heterocycles. The van der Waals surface area contributed by atoms with Gasteiger partial charge in [-0.25, -0.2) is 0 Å². The Hall–Kier alpha value is 0.520. The van der Waals surface area contributed by atoms with E-state index in [1.54, 1.807) is 4.88 Å². The van der Waals surface area contributed by atoms with Crippen molar-refractivity contribution in [3.8, 4) is 0 Å². The van der Waals surface area contributed by atoms with Gasteiger partial charge in [0.25, 0.3) is 0 Å². The first-order chi connectivity index (χ1) is 11.0. The Balaban J connectivity index is 1.68. The van der Waals surface area contributed by atoms with Crippen molar-refractivity contribution in [1.29, 1.82) is 0 Å². The van der Waals surface area contributed by atoms with Crippen LogP contribution in [0.1, 0.15) is 58.3 Å². The normalized spacial score (nSPS) is 33.1. The lowest BCUT2D eigenvalue weighted by molar-refractivity contribution is 0.365. The van der Waals surface area contributed by atoms with Crippen molar-refractivity contribution in [1.82, 2.24) is 4.90 Å². The summed E-state index contributed by atoms with van der Waals surface area (Å²) in [5, 5.41) is 2.24. The highest BCUT2D eigenvalue weighted by Gasteiger charge is 2.34. The van der Waals surface area contributed by atoms with Crippen LogP contribution < -0.4 is 0 Å². The van der Waals surface area contributed by atoms with Crippen LogP contribution in [0, 0.1) is 0 Å². The fraction of sp³-hybridized carbons (Fsp3) is 0.789. The van der Waals surface area contributed by atoms with E-state index in [1.807, 2.05) is 11.3 Å². The van der Waals surface area contributed by atoms with Crippen LogP contribution >= 0.6 is 27.2 Å². The molecule has 0 N–H and O–H groups in total. The maximum atomic E-state index is 2.87. The molecule has 0 spiro atoms. The fourth-order valence-corrected chi connectivity index (χ4v) is 11.3. The number of hydrogen-bond acceptors (Lipinski definition) is 2. The molecule has 1 aromatic rings. The largest absolute Gasteiger partial charge is 0.290 e. The Labute approximate surface area is 149 Å². The predicted molar refractivity (Wildman–Crippen MR) is 110 cm³/mol. The summed E-state index contributed by atoms with van der Waals surface area (Å²) in [6.07, 6.45) is 8.69. The van der Waals surface area contributed by atoms with E-state index < -0.39 is 0 Å². The number of thiophene rings is 1. The van der Waals surface area contributed by atoms with Crippen molar-refractivity contribution in [2.24, 2.45) is 0 Å². The van der Waals surface area contributed by atoms with E-state index in [9.17, 15) is 0 Å². The van der Waals surface area contributed by atoms with E-state index in [-0.39, 0.29) is 15.8 Å². The Morgan fingerprint density at radius 2 is 1.39 bits per heavy atom. The predicted octanol–water partition coefficient (Wildman–Crippen LogP) is 6.57. The summed E-state index contributed by atoms with van der Waals surface area (Å²) in [4.78, 5) is 4.44. The summed E-state index contributed by atoms with van der Waals surface area (Å²) in [6.45, 7) is 11.3. The molecule has 0 amide bonds. The standard InChI is InChI=1S/C19H33NP2S/c1-15-7-8-16(2)21(15)13-20(12-19-6-5-11-23-19)14-22-17(3)9-10-18(22)4/h5-6,11,15-18H,7-10,12-14H2,1-4H3/t15-,16-,17-,18-/m1/s1. The second-order valence-electron chi connectivity index (χ2n) is 7.77. The average Bonchev–Trinajstić information content (AvgIpc) is 3.21. The molecule has 0 aliphatic carbocycles. The van der Waals surface area contributed by atoms with Gasteiger partial charge < -0.3 is 0 Å². The van der Waals surface area contributed by atoms with Gasteiger partial charge in [0.05, 0.1) is 0 Å². The zero-order valence-electron chi connectivity index (χ0n) is 15.2. The van der Waals surface area contributed by atoms with Crippen LogP contribution in [-0.4, -0.2) is 40.1 Å². The van der Waals surface area contributed by atoms with E-state index in [0.717, 1.165) is 22.6 Å². The quantitative estimate of drug-likeness (QED) is 0.513. The monoisotopic (exact) mass is 369 g/mol. The highest BCUT2D eigenvalue weighted by Crippen LogP contribution is 2.59. The molecule has 2 aliphatic rings. The van der Waals surface area contributed by atoms with E-state index in [4.69, 9.17) is 0 Å². The molecule has 23 heavy (non-hydrogen) atoms. The molecule has 2 fully saturated rings. The zero-order chi connectivity index (χ0) is 16.4. The molecule has 0 saturated carbocycles. The minimum Gasteiger partial charge on any atom is -0.290 e. The molecule has 0 bridgehead atoms. The first-order valence-corrected chi connectivity index (χ1v) is 13.5. The third-order valence-electron chi connectivity index (χ3n) is 5.96. The van der Waals surface area contributed by atoms with Gasteiger partial charge in [-0.1, -0.05) is 49.6 Å². The molecule has 1 nitrogen and oxygen atoms in total. The van der Waals surface area contributed by atoms with Gasteiger partial charge in [-0.15, -0.1) is 11.3 Å². The minimum atomic E-state index is 0.204. The molecule has 130 valence electrons. The first kappa shape index (κ1) is 18.3. The van der Waals surface area contributed by atoms with E-state index in [2.05, 4.69) is 50.1 Å². The summed E-state index contributed by atoms with van der Waals surface area (Å²) in [5.41, 5.74) is 3.93. The lowest BCUT2D eigenvalue weighted by atomic mass is 10.2. The van der Waals surface area contributed by atoms with Crippen LogP contribution in [-0.2, 0) is 6.54 Å². The van der Waals surface area contributed by atoms with Crippen LogP contribution in [0.15, 0.2) is 17.5 Å². The second kappa shape index (κ2) is 8.27. The van der Waals surface area contributed by atoms with Gasteiger partial charge in [0.15, 0.2) is 0 Å². The van der Waals surface area contributed by atoms with Crippen LogP contribution in [0.5, 0.6) is 0 Å². The van der Waals surface area contributed by atoms with Crippen molar-refractivity contribution in [3.63, 3.8) is 0 Å². The Morgan fingerprint density at radius 3 is 1.78 bits per heavy atom. The summed E-state index contributed by atoms with van der Waals surface area (Å²) < 4.78 is 0. The zero-order valence-corrected chi connectivity index (χ0v) is 17.8. The van der Waals surface area contributed by atoms with Gasteiger partial charge in [-0.2, -0.15) is 0 Å². The Bertz CT molecular complexity index is 432. The van der Waals surface area contributed by atoms with Crippen molar-refractivity contribution in [2.75, 3.05) is 12.6 Å². The van der Waals surface area contributed by atoms with E-state index in [1.165, 1.54) is 44.8 Å². The Morgan fingerprint density at radius 1 is 0.913 bits per heavy atom. The molecule has 0 aromatic carbocycles. The van der Waals surface area contributed by atoms with Crippen molar-refractivity contribution in [3.05, 3.63) is 22.4 Å². The highest BCUT2D eigenvalue weighted by molar-refractivity contribution is 7.60. The molecular weight excluding hydrogens is 336 g/mol. The number of rotatable bonds is 6. The molecule has 3 rings (SSSR count). The molecular formula is C19H33NP2S. The molecule has 3 heterocycles. The SMILES string of the molecule is C[C@@H]1CC[C@@H](C)P1CN(Cc1cccs1)CP1[C@H](C)CC[C@H]1C. The average molecular weight is 369 g/mol. The first-order valence-electron chi connectivity index (χ1n) is 9.31. The number of hydrogen-bond donors (Lipinski definition) is 0. The van der Waals surface area contributed by atoms with Crippen LogP contribution in [0.2, 0.25) is 0 Å². The maximum Gasteiger partial charge on any atom is 0.0335 e. The van der Waals surface area contributed by atoms with Gasteiger partial charge in [-0.05, 0) is 59.8 Å². The minimum absolute atomic E-state index is 0.204. The second-order valence-corrected chi connectivity index (χ2v) is 15.0. The molecule has 0 unspecified atom stereocenters. The van der Waals surface area contributed by atoms with Crippen LogP contribution in [0.3, 0.4) is 0 Å². The van der Waals surface area contributed by atoms with Crippen molar-refractivity contribution >= 4 is 27.2 Å². The maximum absolute atomic E-state index is 2.87.